The van der Waals surface area contributed by atoms with Gasteiger partial charge in [0.15, 0.2) is 5.82 Å². The Morgan fingerprint density at radius 3 is 1.75 bits per heavy atom. The first-order valence-electron chi connectivity index (χ1n) is 14.3. The standard InChI is InChI=1S/C25H41N11/c1-2-9-21(22-29-30-31-36(22)20-10-3-4-11-20)32-16-18-35(19-17-32)25-27-23(33-12-5-6-13-33)26-24(28-25)34-14-7-8-15-34/h20-21H,2-19H2,1H3. The zero-order valence-corrected chi connectivity index (χ0v) is 21.8. The van der Waals surface area contributed by atoms with Gasteiger partial charge in [0.25, 0.3) is 0 Å². The summed E-state index contributed by atoms with van der Waals surface area (Å²) in [5.74, 6) is 3.63. The van der Waals surface area contributed by atoms with Crippen LogP contribution in [0.2, 0.25) is 0 Å². The number of tetrazole rings is 1. The van der Waals surface area contributed by atoms with Crippen molar-refractivity contribution in [1.29, 1.82) is 0 Å². The molecular formula is C25H41N11. The van der Waals surface area contributed by atoms with Crippen molar-refractivity contribution in [2.75, 3.05) is 67.1 Å². The number of anilines is 3. The molecule has 0 radical (unpaired) electrons. The molecule has 3 saturated heterocycles. The van der Waals surface area contributed by atoms with Gasteiger partial charge in [0, 0.05) is 52.4 Å². The van der Waals surface area contributed by atoms with Gasteiger partial charge in [0.2, 0.25) is 17.8 Å². The highest BCUT2D eigenvalue weighted by molar-refractivity contribution is 5.47. The molecule has 6 rings (SSSR count). The van der Waals surface area contributed by atoms with E-state index in [1.54, 1.807) is 0 Å². The predicted octanol–water partition coefficient (Wildman–Crippen LogP) is 2.84. The molecule has 5 heterocycles. The summed E-state index contributed by atoms with van der Waals surface area (Å²) in [6, 6.07) is 0.736. The molecule has 4 aliphatic rings. The maximum atomic E-state index is 4.98. The highest BCUT2D eigenvalue weighted by Gasteiger charge is 2.32. The Balaban J connectivity index is 1.19. The lowest BCUT2D eigenvalue weighted by molar-refractivity contribution is 0.161. The molecule has 4 fully saturated rings. The van der Waals surface area contributed by atoms with Crippen LogP contribution in [0.25, 0.3) is 0 Å². The van der Waals surface area contributed by atoms with Crippen molar-refractivity contribution in [1.82, 2.24) is 40.1 Å². The molecule has 0 N–H and O–H groups in total. The van der Waals surface area contributed by atoms with Gasteiger partial charge in [-0.1, -0.05) is 26.2 Å². The Kier molecular flexibility index (Phi) is 7.16. The maximum Gasteiger partial charge on any atom is 0.232 e. The van der Waals surface area contributed by atoms with Crippen LogP contribution >= 0.6 is 0 Å². The normalized spacial score (nSPS) is 22.8. The zero-order chi connectivity index (χ0) is 24.3. The third-order valence-electron chi connectivity index (χ3n) is 8.46. The molecule has 0 amide bonds. The molecule has 196 valence electrons. The topological polar surface area (TPSA) is 95.2 Å². The van der Waals surface area contributed by atoms with E-state index in [1.807, 2.05) is 0 Å². The minimum atomic E-state index is 0.270. The van der Waals surface area contributed by atoms with Gasteiger partial charge >= 0.3 is 0 Å². The average Bonchev–Trinajstić information content (AvgIpc) is 3.73. The van der Waals surface area contributed by atoms with E-state index in [1.165, 1.54) is 51.4 Å². The largest absolute Gasteiger partial charge is 0.341 e. The van der Waals surface area contributed by atoms with E-state index in [0.717, 1.165) is 88.9 Å². The molecular weight excluding hydrogens is 454 g/mol. The minimum Gasteiger partial charge on any atom is -0.341 e. The molecule has 2 aromatic heterocycles. The van der Waals surface area contributed by atoms with Crippen LogP contribution in [0.15, 0.2) is 0 Å². The fourth-order valence-corrected chi connectivity index (χ4v) is 6.41. The van der Waals surface area contributed by atoms with Gasteiger partial charge < -0.3 is 14.7 Å². The van der Waals surface area contributed by atoms with E-state index in [4.69, 9.17) is 15.0 Å². The Bertz CT molecular complexity index is 949. The van der Waals surface area contributed by atoms with E-state index >= 15 is 0 Å². The molecule has 0 bridgehead atoms. The first kappa shape index (κ1) is 23.8. The van der Waals surface area contributed by atoms with Crippen LogP contribution in [0.1, 0.15) is 89.0 Å². The lowest BCUT2D eigenvalue weighted by atomic mass is 10.1. The van der Waals surface area contributed by atoms with Crippen LogP contribution in [-0.4, -0.2) is 92.4 Å². The SMILES string of the molecule is CCCC(c1nnnn1C1CCCC1)N1CCN(c2nc(N3CCCC3)nc(N3CCCC3)n2)CC1. The molecule has 3 aliphatic heterocycles. The van der Waals surface area contributed by atoms with Crippen molar-refractivity contribution in [3.05, 3.63) is 5.82 Å². The molecule has 1 atom stereocenters. The average molecular weight is 496 g/mol. The third kappa shape index (κ3) is 4.86. The second-order valence-corrected chi connectivity index (χ2v) is 10.9. The van der Waals surface area contributed by atoms with E-state index in [2.05, 4.69) is 46.7 Å². The summed E-state index contributed by atoms with van der Waals surface area (Å²) >= 11 is 0. The van der Waals surface area contributed by atoms with Gasteiger partial charge in [0.1, 0.15) is 0 Å². The molecule has 11 heteroatoms. The number of hydrogen-bond donors (Lipinski definition) is 0. The van der Waals surface area contributed by atoms with Crippen molar-refractivity contribution < 1.29 is 0 Å². The Labute approximate surface area is 214 Å². The summed E-state index contributed by atoms with van der Waals surface area (Å²) in [5.41, 5.74) is 0. The van der Waals surface area contributed by atoms with E-state index < -0.39 is 0 Å². The van der Waals surface area contributed by atoms with E-state index in [0.29, 0.717) is 6.04 Å². The fraction of sp³-hybridized carbons (Fsp3) is 0.840. The van der Waals surface area contributed by atoms with E-state index in [9.17, 15) is 0 Å². The van der Waals surface area contributed by atoms with E-state index in [-0.39, 0.29) is 6.04 Å². The van der Waals surface area contributed by atoms with Crippen molar-refractivity contribution in [3.63, 3.8) is 0 Å². The molecule has 1 unspecified atom stereocenters. The second kappa shape index (κ2) is 10.8. The van der Waals surface area contributed by atoms with Gasteiger partial charge in [-0.2, -0.15) is 15.0 Å². The first-order valence-corrected chi connectivity index (χ1v) is 14.3. The zero-order valence-electron chi connectivity index (χ0n) is 21.8. The van der Waals surface area contributed by atoms with Crippen LogP contribution in [0, 0.1) is 0 Å². The van der Waals surface area contributed by atoms with Crippen LogP contribution in [0.5, 0.6) is 0 Å². The molecule has 36 heavy (non-hydrogen) atoms. The monoisotopic (exact) mass is 495 g/mol. The Morgan fingerprint density at radius 1 is 0.694 bits per heavy atom. The Morgan fingerprint density at radius 2 is 1.22 bits per heavy atom. The summed E-state index contributed by atoms with van der Waals surface area (Å²) in [7, 11) is 0. The number of nitrogens with zero attached hydrogens (tertiary/aromatic N) is 11. The highest BCUT2D eigenvalue weighted by atomic mass is 15.6. The van der Waals surface area contributed by atoms with Gasteiger partial charge in [-0.15, -0.1) is 5.10 Å². The van der Waals surface area contributed by atoms with Crippen LogP contribution in [0.3, 0.4) is 0 Å². The highest BCUT2D eigenvalue weighted by Crippen LogP contribution is 2.33. The number of aromatic nitrogens is 7. The molecule has 2 aromatic rings. The summed E-state index contributed by atoms with van der Waals surface area (Å²) < 4.78 is 2.15. The number of rotatable bonds is 8. The predicted molar refractivity (Wildman–Crippen MR) is 139 cm³/mol. The summed E-state index contributed by atoms with van der Waals surface area (Å²) in [5, 5.41) is 13.1. The molecule has 0 spiro atoms. The number of piperazine rings is 1. The van der Waals surface area contributed by atoms with Crippen molar-refractivity contribution in [3.8, 4) is 0 Å². The van der Waals surface area contributed by atoms with Crippen molar-refractivity contribution in [2.24, 2.45) is 0 Å². The molecule has 1 saturated carbocycles. The minimum absolute atomic E-state index is 0.270. The van der Waals surface area contributed by atoms with Crippen molar-refractivity contribution >= 4 is 17.8 Å². The van der Waals surface area contributed by atoms with Gasteiger partial charge in [-0.3, -0.25) is 4.90 Å². The summed E-state index contributed by atoms with van der Waals surface area (Å²) in [4.78, 5) is 24.5. The van der Waals surface area contributed by atoms with Gasteiger partial charge in [0.05, 0.1) is 12.1 Å². The number of hydrogen-bond acceptors (Lipinski definition) is 10. The lowest BCUT2D eigenvalue weighted by Crippen LogP contribution is -2.49. The lowest BCUT2D eigenvalue weighted by Gasteiger charge is -2.39. The molecule has 1 aliphatic carbocycles. The summed E-state index contributed by atoms with van der Waals surface area (Å²) in [6.07, 6.45) is 12.0. The second-order valence-electron chi connectivity index (χ2n) is 10.9. The first-order chi connectivity index (χ1) is 17.8. The molecule has 0 aromatic carbocycles. The van der Waals surface area contributed by atoms with Crippen LogP contribution in [0.4, 0.5) is 17.8 Å². The summed E-state index contributed by atoms with van der Waals surface area (Å²) in [6.45, 7) is 10.2. The van der Waals surface area contributed by atoms with Crippen molar-refractivity contribution in [2.45, 2.75) is 83.2 Å². The van der Waals surface area contributed by atoms with Crippen LogP contribution < -0.4 is 14.7 Å². The fourth-order valence-electron chi connectivity index (χ4n) is 6.41. The quantitative estimate of drug-likeness (QED) is 0.544. The maximum absolute atomic E-state index is 4.98. The third-order valence-corrected chi connectivity index (χ3v) is 8.46. The smallest absolute Gasteiger partial charge is 0.232 e. The molecule has 11 nitrogen and oxygen atoms in total. The Hall–Kier alpha value is -2.56. The van der Waals surface area contributed by atoms with Crippen LogP contribution in [-0.2, 0) is 0 Å². The van der Waals surface area contributed by atoms with Gasteiger partial charge in [-0.25, -0.2) is 4.68 Å². The van der Waals surface area contributed by atoms with Gasteiger partial charge in [-0.05, 0) is 55.4 Å².